The zero-order chi connectivity index (χ0) is 22.2. The molecule has 168 valence electrons. The molecule has 0 radical (unpaired) electrons. The summed E-state index contributed by atoms with van der Waals surface area (Å²) in [7, 11) is 0. The molecule has 3 heterocycles. The van der Waals surface area contributed by atoms with Crippen LogP contribution in [0.3, 0.4) is 0 Å². The number of hydrogen-bond donors (Lipinski definition) is 1. The molecule has 2 atom stereocenters. The lowest BCUT2D eigenvalue weighted by Crippen LogP contribution is -2.60. The van der Waals surface area contributed by atoms with E-state index in [0.717, 1.165) is 22.6 Å². The predicted molar refractivity (Wildman–Crippen MR) is 126 cm³/mol. The molecule has 7 nitrogen and oxygen atoms in total. The van der Waals surface area contributed by atoms with Gasteiger partial charge in [-0.05, 0) is 31.9 Å². The lowest BCUT2D eigenvalue weighted by molar-refractivity contribution is -0.146. The second kappa shape index (κ2) is 9.03. The van der Waals surface area contributed by atoms with Gasteiger partial charge in [-0.3, -0.25) is 19.3 Å². The number of nitrogens with zero attached hydrogens (tertiary/aromatic N) is 3. The summed E-state index contributed by atoms with van der Waals surface area (Å²) < 4.78 is 0. The highest BCUT2D eigenvalue weighted by Crippen LogP contribution is 2.44. The summed E-state index contributed by atoms with van der Waals surface area (Å²) in [6.07, 6.45) is 0. The van der Waals surface area contributed by atoms with Gasteiger partial charge in [0.05, 0.1) is 17.2 Å². The predicted octanol–water partition coefficient (Wildman–Crippen LogP) is 1.79. The first-order valence-electron chi connectivity index (χ1n) is 10.7. The van der Waals surface area contributed by atoms with Crippen LogP contribution >= 0.6 is 23.5 Å². The van der Waals surface area contributed by atoms with E-state index >= 15 is 0 Å². The fourth-order valence-electron chi connectivity index (χ4n) is 4.59. The monoisotopic (exact) mass is 462 g/mol. The fraction of sp³-hybridized carbons (Fsp3) is 0.591. The molecule has 1 aromatic rings. The molecular weight excluding hydrogens is 432 g/mol. The normalized spacial score (nSPS) is 26.7. The maximum absolute atomic E-state index is 13.2. The summed E-state index contributed by atoms with van der Waals surface area (Å²) in [6, 6.07) is 5.61. The summed E-state index contributed by atoms with van der Waals surface area (Å²) in [4.78, 5) is 43.8. The summed E-state index contributed by atoms with van der Waals surface area (Å²) >= 11 is 3.37. The number of para-hydroxylation sites is 1. The first kappa shape index (κ1) is 22.5. The molecule has 3 fully saturated rings. The molecule has 3 aliphatic rings. The van der Waals surface area contributed by atoms with Crippen LogP contribution < -0.4 is 5.32 Å². The highest BCUT2D eigenvalue weighted by Gasteiger charge is 2.52. The molecule has 1 N–H and O–H groups in total. The van der Waals surface area contributed by atoms with E-state index in [2.05, 4.69) is 17.1 Å². The third-order valence-corrected chi connectivity index (χ3v) is 9.16. The largest absolute Gasteiger partial charge is 0.338 e. The van der Waals surface area contributed by atoms with Crippen LogP contribution in [0.1, 0.15) is 18.1 Å². The number of nitrogens with one attached hydrogen (secondary N) is 1. The van der Waals surface area contributed by atoms with Crippen molar-refractivity contribution in [2.75, 3.05) is 55.3 Å². The Morgan fingerprint density at radius 3 is 2.52 bits per heavy atom. The number of anilines is 1. The van der Waals surface area contributed by atoms with Crippen LogP contribution in [0.5, 0.6) is 0 Å². The van der Waals surface area contributed by atoms with Crippen molar-refractivity contribution < 1.29 is 14.4 Å². The summed E-state index contributed by atoms with van der Waals surface area (Å²) in [5, 5.41) is 3.03. The van der Waals surface area contributed by atoms with Gasteiger partial charge < -0.3 is 15.1 Å². The summed E-state index contributed by atoms with van der Waals surface area (Å²) in [5.74, 6) is 2.09. The minimum Gasteiger partial charge on any atom is -0.338 e. The second-order valence-electron chi connectivity index (χ2n) is 8.67. The van der Waals surface area contributed by atoms with Crippen molar-refractivity contribution in [2.45, 2.75) is 31.7 Å². The Labute approximate surface area is 192 Å². The van der Waals surface area contributed by atoms with Crippen molar-refractivity contribution >= 4 is 46.9 Å². The van der Waals surface area contributed by atoms with E-state index in [9.17, 15) is 14.4 Å². The molecule has 0 aliphatic carbocycles. The minimum atomic E-state index is -0.359. The Balaban J connectivity index is 1.30. The zero-order valence-corrected chi connectivity index (χ0v) is 20.0. The summed E-state index contributed by atoms with van der Waals surface area (Å²) in [6.45, 7) is 8.86. The van der Waals surface area contributed by atoms with Gasteiger partial charge >= 0.3 is 0 Å². The van der Waals surface area contributed by atoms with Crippen LogP contribution in [0.4, 0.5) is 5.69 Å². The van der Waals surface area contributed by atoms with Crippen molar-refractivity contribution in [1.29, 1.82) is 0 Å². The number of hydrogen-bond acceptors (Lipinski definition) is 6. The van der Waals surface area contributed by atoms with Crippen molar-refractivity contribution in [3.05, 3.63) is 29.3 Å². The molecule has 0 unspecified atom stereocenters. The van der Waals surface area contributed by atoms with Crippen LogP contribution in [0.25, 0.3) is 0 Å². The van der Waals surface area contributed by atoms with Crippen LogP contribution in [0.2, 0.25) is 0 Å². The first-order chi connectivity index (χ1) is 14.8. The Hall–Kier alpha value is -1.71. The third kappa shape index (κ3) is 4.59. The van der Waals surface area contributed by atoms with Crippen molar-refractivity contribution in [3.63, 3.8) is 0 Å². The number of aryl methyl sites for hydroxylation is 2. The van der Waals surface area contributed by atoms with E-state index in [4.69, 9.17) is 0 Å². The number of amides is 3. The van der Waals surface area contributed by atoms with E-state index in [1.165, 1.54) is 0 Å². The van der Waals surface area contributed by atoms with Gasteiger partial charge in [0.15, 0.2) is 0 Å². The quantitative estimate of drug-likeness (QED) is 0.736. The Morgan fingerprint density at radius 1 is 1.16 bits per heavy atom. The number of carbonyl (C=O) groups is 3. The third-order valence-electron chi connectivity index (χ3n) is 6.32. The van der Waals surface area contributed by atoms with E-state index in [1.807, 2.05) is 41.8 Å². The highest BCUT2D eigenvalue weighted by atomic mass is 32.2. The van der Waals surface area contributed by atoms with Crippen molar-refractivity contribution in [3.8, 4) is 0 Å². The van der Waals surface area contributed by atoms with Gasteiger partial charge in [-0.2, -0.15) is 0 Å². The average molecular weight is 463 g/mol. The zero-order valence-electron chi connectivity index (χ0n) is 18.3. The lowest BCUT2D eigenvalue weighted by Gasteiger charge is -2.42. The van der Waals surface area contributed by atoms with Gasteiger partial charge in [0.25, 0.3) is 0 Å². The van der Waals surface area contributed by atoms with E-state index in [0.29, 0.717) is 44.2 Å². The van der Waals surface area contributed by atoms with Gasteiger partial charge in [0.1, 0.15) is 6.04 Å². The van der Waals surface area contributed by atoms with E-state index < -0.39 is 0 Å². The molecular formula is C22H30N4O3S2. The molecule has 0 aromatic heterocycles. The van der Waals surface area contributed by atoms with Crippen molar-refractivity contribution in [1.82, 2.24) is 14.7 Å². The van der Waals surface area contributed by atoms with Crippen LogP contribution in [0.15, 0.2) is 18.2 Å². The molecule has 0 saturated carbocycles. The highest BCUT2D eigenvalue weighted by molar-refractivity contribution is 8.04. The lowest BCUT2D eigenvalue weighted by atomic mass is 10.1. The van der Waals surface area contributed by atoms with Gasteiger partial charge in [-0.1, -0.05) is 18.2 Å². The SMILES string of the molecule is Cc1cccc(C)c1NC(=O)CN1CCN(C(=O)[C@H]2CS[C@@]3(C)CSCC(=O)N23)CC1. The van der Waals surface area contributed by atoms with Crippen LogP contribution in [-0.4, -0.2) is 93.3 Å². The Kier molecular flexibility index (Phi) is 6.55. The number of thioether (sulfide) groups is 2. The van der Waals surface area contributed by atoms with Gasteiger partial charge in [0.2, 0.25) is 17.7 Å². The molecule has 9 heteroatoms. The number of carbonyl (C=O) groups excluding carboxylic acids is 3. The molecule has 0 spiro atoms. The van der Waals surface area contributed by atoms with Gasteiger partial charge in [-0.15, -0.1) is 23.5 Å². The van der Waals surface area contributed by atoms with E-state index in [1.54, 1.807) is 23.5 Å². The van der Waals surface area contributed by atoms with Crippen LogP contribution in [-0.2, 0) is 14.4 Å². The number of piperazine rings is 1. The maximum Gasteiger partial charge on any atom is 0.246 e. The number of benzene rings is 1. The topological polar surface area (TPSA) is 73.0 Å². The smallest absolute Gasteiger partial charge is 0.246 e. The molecule has 1 aromatic carbocycles. The molecule has 4 rings (SSSR count). The number of rotatable bonds is 4. The Morgan fingerprint density at radius 2 is 1.84 bits per heavy atom. The average Bonchev–Trinajstić information content (AvgIpc) is 3.09. The summed E-state index contributed by atoms with van der Waals surface area (Å²) in [5.41, 5.74) is 2.99. The molecule has 3 saturated heterocycles. The van der Waals surface area contributed by atoms with Gasteiger partial charge in [-0.25, -0.2) is 0 Å². The molecule has 3 aliphatic heterocycles. The fourth-order valence-corrected chi connectivity index (χ4v) is 7.28. The van der Waals surface area contributed by atoms with Gasteiger partial charge in [0, 0.05) is 43.4 Å². The second-order valence-corrected chi connectivity index (χ2v) is 11.2. The van der Waals surface area contributed by atoms with Crippen molar-refractivity contribution in [2.24, 2.45) is 0 Å². The molecule has 31 heavy (non-hydrogen) atoms. The molecule has 0 bridgehead atoms. The Bertz CT molecular complexity index is 867. The first-order valence-corrected chi connectivity index (χ1v) is 12.8. The van der Waals surface area contributed by atoms with Crippen LogP contribution in [0, 0.1) is 13.8 Å². The maximum atomic E-state index is 13.2. The van der Waals surface area contributed by atoms with E-state index in [-0.39, 0.29) is 28.6 Å². The minimum absolute atomic E-state index is 0.0310. The molecule has 3 amide bonds. The number of fused-ring (bicyclic) bond motifs is 1. The standard InChI is InChI=1S/C22H30N4O3S2/c1-15-5-4-6-16(2)20(15)23-18(27)11-24-7-9-25(10-8-24)21(29)17-12-31-22(3)14-30-13-19(28)26(17)22/h4-6,17H,7-14H2,1-3H3,(H,23,27)/t17-,22+/m1/s1.